The lowest BCUT2D eigenvalue weighted by Crippen LogP contribution is -2.40. The Balaban J connectivity index is 1.52. The van der Waals surface area contributed by atoms with Gasteiger partial charge in [0.1, 0.15) is 0 Å². The summed E-state index contributed by atoms with van der Waals surface area (Å²) in [7, 11) is 0. The molecule has 1 amide bonds. The van der Waals surface area contributed by atoms with Gasteiger partial charge in [-0.25, -0.2) is 0 Å². The van der Waals surface area contributed by atoms with Gasteiger partial charge in [-0.15, -0.1) is 22.7 Å². The molecule has 0 bridgehead atoms. The van der Waals surface area contributed by atoms with Gasteiger partial charge in [0.25, 0.3) is 0 Å². The number of ketones is 1. The molecule has 1 aromatic carbocycles. The highest BCUT2D eigenvalue weighted by Crippen LogP contribution is 2.38. The van der Waals surface area contributed by atoms with E-state index in [0.717, 1.165) is 12.0 Å². The summed E-state index contributed by atoms with van der Waals surface area (Å²) in [6, 6.07) is 15.6. The lowest BCUT2D eigenvalue weighted by Gasteiger charge is -2.36. The molecule has 0 radical (unpaired) electrons. The van der Waals surface area contributed by atoms with Crippen LogP contribution in [0.2, 0.25) is 4.34 Å². The van der Waals surface area contributed by atoms with Gasteiger partial charge in [0.2, 0.25) is 5.91 Å². The molecular weight excluding hydrogens is 398 g/mol. The van der Waals surface area contributed by atoms with Crippen molar-refractivity contribution >= 4 is 46.0 Å². The van der Waals surface area contributed by atoms with Crippen LogP contribution in [0.5, 0.6) is 0 Å². The van der Waals surface area contributed by atoms with E-state index in [1.807, 2.05) is 23.1 Å². The van der Waals surface area contributed by atoms with Crippen LogP contribution in [0.4, 0.5) is 0 Å². The van der Waals surface area contributed by atoms with Gasteiger partial charge < -0.3 is 4.90 Å². The number of hydrogen-bond acceptors (Lipinski definition) is 4. The van der Waals surface area contributed by atoms with E-state index >= 15 is 0 Å². The van der Waals surface area contributed by atoms with Crippen LogP contribution < -0.4 is 0 Å². The third-order valence-corrected chi connectivity index (χ3v) is 7.08. The van der Waals surface area contributed by atoms with Gasteiger partial charge in [0, 0.05) is 24.3 Å². The zero-order chi connectivity index (χ0) is 18.8. The van der Waals surface area contributed by atoms with Gasteiger partial charge in [-0.1, -0.05) is 41.9 Å². The summed E-state index contributed by atoms with van der Waals surface area (Å²) in [5, 5.41) is 2.10. The van der Waals surface area contributed by atoms with E-state index in [-0.39, 0.29) is 30.6 Å². The zero-order valence-corrected chi connectivity index (χ0v) is 16.9. The van der Waals surface area contributed by atoms with Crippen molar-refractivity contribution in [2.24, 2.45) is 0 Å². The first-order valence-electron chi connectivity index (χ1n) is 8.82. The first-order valence-corrected chi connectivity index (χ1v) is 10.9. The monoisotopic (exact) mass is 415 g/mol. The Bertz CT molecular complexity index is 963. The summed E-state index contributed by atoms with van der Waals surface area (Å²) in [6.07, 6.45) is 1.30. The summed E-state index contributed by atoms with van der Waals surface area (Å²) in [5.41, 5.74) is 2.32. The highest BCUT2D eigenvalue weighted by atomic mass is 35.5. The Labute approximate surface area is 171 Å². The van der Waals surface area contributed by atoms with Crippen LogP contribution in [0.1, 0.15) is 44.6 Å². The van der Waals surface area contributed by atoms with E-state index in [4.69, 9.17) is 11.6 Å². The third kappa shape index (κ3) is 3.86. The molecule has 0 spiro atoms. The molecule has 0 saturated heterocycles. The second kappa shape index (κ2) is 7.97. The summed E-state index contributed by atoms with van der Waals surface area (Å²) < 4.78 is 0.592. The van der Waals surface area contributed by atoms with Crippen molar-refractivity contribution in [3.63, 3.8) is 0 Å². The minimum atomic E-state index is -0.0695. The maximum absolute atomic E-state index is 13.0. The van der Waals surface area contributed by atoms with Gasteiger partial charge in [0.15, 0.2) is 5.78 Å². The fourth-order valence-corrected chi connectivity index (χ4v) is 5.45. The van der Waals surface area contributed by atoms with E-state index in [1.54, 1.807) is 23.5 Å². The highest BCUT2D eigenvalue weighted by molar-refractivity contribution is 7.18. The second-order valence-corrected chi connectivity index (χ2v) is 9.19. The van der Waals surface area contributed by atoms with Crippen LogP contribution in [0, 0.1) is 0 Å². The summed E-state index contributed by atoms with van der Waals surface area (Å²) in [5.74, 6) is 0.00134. The van der Waals surface area contributed by atoms with Gasteiger partial charge in [-0.3, -0.25) is 9.59 Å². The molecule has 3 heterocycles. The van der Waals surface area contributed by atoms with Gasteiger partial charge >= 0.3 is 0 Å². The molecule has 0 N–H and O–H groups in total. The molecule has 0 unspecified atom stereocenters. The Hall–Kier alpha value is -1.95. The maximum atomic E-state index is 13.0. The van der Waals surface area contributed by atoms with Crippen molar-refractivity contribution in [1.29, 1.82) is 0 Å². The minimum absolute atomic E-state index is 0.0234. The number of halogens is 1. The predicted octanol–water partition coefficient (Wildman–Crippen LogP) is 5.60. The number of carbonyl (C=O) groups is 2. The van der Waals surface area contributed by atoms with E-state index in [9.17, 15) is 9.59 Å². The fourth-order valence-electron chi connectivity index (χ4n) is 3.53. The number of amides is 1. The summed E-state index contributed by atoms with van der Waals surface area (Å²) >= 11 is 8.92. The molecule has 6 heteroatoms. The Morgan fingerprint density at radius 3 is 2.63 bits per heavy atom. The molecule has 3 nitrogen and oxygen atoms in total. The minimum Gasteiger partial charge on any atom is -0.331 e. The molecule has 27 heavy (non-hydrogen) atoms. The number of thiophene rings is 2. The zero-order valence-electron chi connectivity index (χ0n) is 14.6. The number of hydrogen-bond donors (Lipinski definition) is 0. The topological polar surface area (TPSA) is 37.4 Å². The van der Waals surface area contributed by atoms with Crippen molar-refractivity contribution < 1.29 is 9.59 Å². The molecule has 0 aliphatic carbocycles. The molecule has 1 aliphatic heterocycles. The Kier molecular flexibility index (Phi) is 5.43. The van der Waals surface area contributed by atoms with Crippen molar-refractivity contribution in [2.45, 2.75) is 25.3 Å². The van der Waals surface area contributed by atoms with Crippen LogP contribution in [0.3, 0.4) is 0 Å². The van der Waals surface area contributed by atoms with E-state index < -0.39 is 0 Å². The number of carbonyl (C=O) groups excluding carboxylic acids is 2. The van der Waals surface area contributed by atoms with Crippen molar-refractivity contribution in [3.8, 4) is 0 Å². The van der Waals surface area contributed by atoms with Crippen LogP contribution in [-0.4, -0.2) is 23.1 Å². The number of Topliss-reactive ketones (excluding diaryl/α,β-unsaturated/α-hetero) is 1. The molecule has 2 aromatic heterocycles. The average Bonchev–Trinajstić information content (AvgIpc) is 3.34. The molecular formula is C21H18ClNO2S2. The predicted molar refractivity (Wildman–Crippen MR) is 111 cm³/mol. The summed E-state index contributed by atoms with van der Waals surface area (Å²) in [6.45, 7) is 0.685. The SMILES string of the molecule is O=C(CCC(=O)N1CCc2sccc2[C@@H]1c1ccccc1)c1ccc(Cl)s1. The van der Waals surface area contributed by atoms with E-state index in [0.29, 0.717) is 15.8 Å². The lowest BCUT2D eigenvalue weighted by atomic mass is 9.93. The molecule has 0 fully saturated rings. The van der Waals surface area contributed by atoms with Crippen molar-refractivity contribution in [3.05, 3.63) is 79.1 Å². The third-order valence-electron chi connectivity index (χ3n) is 4.82. The van der Waals surface area contributed by atoms with Crippen molar-refractivity contribution in [2.75, 3.05) is 6.54 Å². The quantitative estimate of drug-likeness (QED) is 0.508. The van der Waals surface area contributed by atoms with E-state index in [2.05, 4.69) is 23.6 Å². The molecule has 4 rings (SSSR count). The Morgan fingerprint density at radius 1 is 1.07 bits per heavy atom. The lowest BCUT2D eigenvalue weighted by molar-refractivity contribution is -0.133. The molecule has 1 aliphatic rings. The van der Waals surface area contributed by atoms with Gasteiger partial charge in [0.05, 0.1) is 15.3 Å². The number of nitrogens with zero attached hydrogens (tertiary/aromatic N) is 1. The highest BCUT2D eigenvalue weighted by Gasteiger charge is 2.32. The van der Waals surface area contributed by atoms with Gasteiger partial charge in [-0.05, 0) is 41.1 Å². The van der Waals surface area contributed by atoms with E-state index in [1.165, 1.54) is 21.8 Å². The normalized spacial score (nSPS) is 16.2. The van der Waals surface area contributed by atoms with Crippen molar-refractivity contribution in [1.82, 2.24) is 4.90 Å². The van der Waals surface area contributed by atoms with Gasteiger partial charge in [-0.2, -0.15) is 0 Å². The number of benzene rings is 1. The number of rotatable bonds is 5. The Morgan fingerprint density at radius 2 is 1.89 bits per heavy atom. The largest absolute Gasteiger partial charge is 0.331 e. The smallest absolute Gasteiger partial charge is 0.223 e. The second-order valence-electron chi connectivity index (χ2n) is 6.48. The molecule has 138 valence electrons. The van der Waals surface area contributed by atoms with Crippen LogP contribution in [0.25, 0.3) is 0 Å². The molecule has 1 atom stereocenters. The average molecular weight is 416 g/mol. The van der Waals surface area contributed by atoms with Crippen LogP contribution in [0.15, 0.2) is 53.9 Å². The maximum Gasteiger partial charge on any atom is 0.223 e. The molecule has 3 aromatic rings. The van der Waals surface area contributed by atoms with Crippen LogP contribution in [-0.2, 0) is 11.2 Å². The molecule has 0 saturated carbocycles. The first-order chi connectivity index (χ1) is 13.1. The fraction of sp³-hybridized carbons (Fsp3) is 0.238. The number of fused-ring (bicyclic) bond motifs is 1. The summed E-state index contributed by atoms with van der Waals surface area (Å²) in [4.78, 5) is 29.2. The standard InChI is InChI=1S/C21H18ClNO2S2/c22-19-8-7-18(27-19)16(24)6-9-20(25)23-12-10-17-15(11-13-26-17)21(23)14-4-2-1-3-5-14/h1-5,7-8,11,13,21H,6,9-10,12H2/t21-/m0/s1. The van der Waals surface area contributed by atoms with Crippen LogP contribution >= 0.6 is 34.3 Å². The first kappa shape index (κ1) is 18.4.